The fraction of sp³-hybridized carbons (Fsp3) is 0.333. The van der Waals surface area contributed by atoms with Crippen molar-refractivity contribution in [2.45, 2.75) is 75.6 Å². The van der Waals surface area contributed by atoms with E-state index in [1.807, 2.05) is 60.7 Å². The molecule has 7 N–H and O–H groups in total. The van der Waals surface area contributed by atoms with Crippen LogP contribution in [0.3, 0.4) is 0 Å². The van der Waals surface area contributed by atoms with Crippen molar-refractivity contribution in [1.29, 1.82) is 0 Å². The largest absolute Gasteiger partial charge is 0.392 e. The maximum Gasteiger partial charge on any atom is 0.297 e. The van der Waals surface area contributed by atoms with Gasteiger partial charge >= 0.3 is 0 Å². The number of rotatable bonds is 24. The number of aliphatic hydroxyl groups is 4. The average Bonchev–Trinajstić information content (AvgIpc) is 3.28. The number of hydrogen-bond donors (Lipinski definition) is 7. The zero-order valence-electron chi connectivity index (χ0n) is 39.3. The number of aliphatic hydroxyl groups excluding tert-OH is 4. The molecule has 22 heteroatoms. The molecule has 4 aromatic carbocycles. The molecule has 0 radical (unpaired) electrons. The van der Waals surface area contributed by atoms with Crippen LogP contribution < -0.4 is 20.4 Å². The van der Waals surface area contributed by atoms with Crippen LogP contribution in [0.25, 0.3) is 12.2 Å². The minimum atomic E-state index is -4.57. The molecular weight excluding hydrogens is 941 g/mol. The van der Waals surface area contributed by atoms with Crippen LogP contribution in [0, 0.1) is 0 Å². The minimum Gasteiger partial charge on any atom is -0.392 e. The highest BCUT2D eigenvalue weighted by Gasteiger charge is 2.22. The molecule has 0 amide bonds. The lowest BCUT2D eigenvalue weighted by Crippen LogP contribution is -2.38. The Morgan fingerprint density at radius 3 is 1.54 bits per heavy atom. The predicted molar refractivity (Wildman–Crippen MR) is 267 cm³/mol. The van der Waals surface area contributed by atoms with Gasteiger partial charge in [0.05, 0.1) is 31.5 Å². The molecule has 0 spiro atoms. The fourth-order valence-corrected chi connectivity index (χ4v) is 8.87. The molecule has 0 saturated carbocycles. The van der Waals surface area contributed by atoms with Crippen LogP contribution in [-0.4, -0.2) is 129 Å². The van der Waals surface area contributed by atoms with Gasteiger partial charge in [0.1, 0.15) is 22.3 Å². The van der Waals surface area contributed by atoms with Crippen LogP contribution in [0.1, 0.15) is 67.2 Å². The molecule has 6 aromatic rings. The van der Waals surface area contributed by atoms with E-state index in [0.29, 0.717) is 29.1 Å². The van der Waals surface area contributed by atoms with Gasteiger partial charge in [-0.15, -0.1) is 0 Å². The predicted octanol–water partition coefficient (Wildman–Crippen LogP) is 4.75. The van der Waals surface area contributed by atoms with E-state index >= 15 is 0 Å². The van der Waals surface area contributed by atoms with Gasteiger partial charge in [0, 0.05) is 50.4 Å². The number of hydrogen-bond acceptors (Lipinski definition) is 19. The summed E-state index contributed by atoms with van der Waals surface area (Å²) in [6, 6.07) is 28.0. The van der Waals surface area contributed by atoms with E-state index < -0.39 is 50.4 Å². The molecule has 4 unspecified atom stereocenters. The van der Waals surface area contributed by atoms with Crippen molar-refractivity contribution in [3.63, 3.8) is 0 Å². The van der Waals surface area contributed by atoms with Crippen LogP contribution in [0.15, 0.2) is 102 Å². The molecule has 4 atom stereocenters. The second-order valence-electron chi connectivity index (χ2n) is 16.9. The van der Waals surface area contributed by atoms with Gasteiger partial charge in [0.25, 0.3) is 20.2 Å². The Balaban J connectivity index is 1.35. The molecule has 0 fully saturated rings. The maximum absolute atomic E-state index is 13.5. The Bertz CT molecular complexity index is 2930. The van der Waals surface area contributed by atoms with Crippen molar-refractivity contribution < 1.29 is 46.0 Å². The van der Waals surface area contributed by atoms with Crippen LogP contribution in [0.2, 0.25) is 0 Å². The molecular formula is C48H58N10O10S2. The number of aromatic nitrogens is 6. The third kappa shape index (κ3) is 16.0. The first-order valence-electron chi connectivity index (χ1n) is 22.3. The summed E-state index contributed by atoms with van der Waals surface area (Å²) in [5.74, 6) is 0.465. The molecule has 0 bridgehead atoms. The van der Waals surface area contributed by atoms with Crippen molar-refractivity contribution in [3.8, 4) is 0 Å². The fourth-order valence-electron chi connectivity index (χ4n) is 7.35. The smallest absolute Gasteiger partial charge is 0.297 e. The van der Waals surface area contributed by atoms with Crippen LogP contribution >= 0.6 is 0 Å². The topological polar surface area (TPSA) is 287 Å². The van der Waals surface area contributed by atoms with E-state index in [9.17, 15) is 41.8 Å². The Labute approximate surface area is 407 Å². The maximum atomic E-state index is 13.5. The molecule has 0 aliphatic carbocycles. The summed E-state index contributed by atoms with van der Waals surface area (Å²) in [5, 5.41) is 47.3. The van der Waals surface area contributed by atoms with Gasteiger partial charge in [0.2, 0.25) is 23.8 Å². The summed E-state index contributed by atoms with van der Waals surface area (Å²) in [6.45, 7) is 6.84. The minimum absolute atomic E-state index is 0.0602. The summed E-state index contributed by atoms with van der Waals surface area (Å²) >= 11 is 0. The van der Waals surface area contributed by atoms with Crippen molar-refractivity contribution in [3.05, 3.63) is 137 Å². The van der Waals surface area contributed by atoms with Crippen molar-refractivity contribution in [2.24, 2.45) is 0 Å². The SMILES string of the molecule is COS(=O)(=O)c1cc(Nc2nc(Cc3ccccc3)nc(N(CC(C)O)CC(C)O)n2)ccc1/C=C/c1ccc(Cc2nc(Nc3ccccc3)nc(N(CC(C)O)CC(C)O)n2)cc1CS(=O)(=O)O. The third-order valence-electron chi connectivity index (χ3n) is 10.2. The standard InChI is InChI=1S/C48H58N10O10S2/c1-31(59)26-57(27-32(2)60)47-53-43(23-35-12-8-6-9-13-35)51-46(56-47)50-41-21-20-38(42(25-41)70(66,67)68-5)19-18-37-17-16-36(22-39(37)30-69(63,64)65)24-44-52-45(49-40-14-10-7-11-15-40)55-48(54-44)58(28-33(3)61)29-34(4)62/h6-22,25,31-34,59-62H,23-24,26-30H2,1-5H3,(H,63,64,65)(H,49,52,54,55)(H,50,51,53,56)/b19-18+. The quantitative estimate of drug-likeness (QED) is 0.0245. The number of para-hydroxylation sites is 1. The highest BCUT2D eigenvalue weighted by atomic mass is 32.2. The van der Waals surface area contributed by atoms with Gasteiger partial charge in [-0.1, -0.05) is 84.9 Å². The van der Waals surface area contributed by atoms with Crippen molar-refractivity contribution >= 4 is 67.6 Å². The molecule has 70 heavy (non-hydrogen) atoms. The number of nitrogens with zero attached hydrogens (tertiary/aromatic N) is 8. The van der Waals surface area contributed by atoms with E-state index in [2.05, 4.69) is 40.5 Å². The van der Waals surface area contributed by atoms with Gasteiger partial charge in [-0.05, 0) is 79.8 Å². The Morgan fingerprint density at radius 1 is 0.571 bits per heavy atom. The van der Waals surface area contributed by atoms with Crippen LogP contribution in [0.5, 0.6) is 0 Å². The van der Waals surface area contributed by atoms with E-state index in [1.165, 1.54) is 24.3 Å². The Kier molecular flexibility index (Phi) is 18.0. The normalized spacial score (nSPS) is 13.7. The molecule has 0 aliphatic rings. The summed E-state index contributed by atoms with van der Waals surface area (Å²) in [6.07, 6.45) is 0.217. The Hall–Kier alpha value is -6.50. The first-order chi connectivity index (χ1) is 33.2. The van der Waals surface area contributed by atoms with Gasteiger partial charge in [-0.3, -0.25) is 8.74 Å². The van der Waals surface area contributed by atoms with Gasteiger partial charge in [-0.2, -0.15) is 46.7 Å². The highest BCUT2D eigenvalue weighted by Crippen LogP contribution is 2.28. The molecule has 372 valence electrons. The van der Waals surface area contributed by atoms with Crippen molar-refractivity contribution in [1.82, 2.24) is 29.9 Å². The molecule has 2 heterocycles. The van der Waals surface area contributed by atoms with Crippen LogP contribution in [0.4, 0.5) is 35.2 Å². The van der Waals surface area contributed by atoms with Gasteiger partial charge < -0.3 is 40.9 Å². The molecule has 20 nitrogen and oxygen atoms in total. The van der Waals surface area contributed by atoms with Crippen molar-refractivity contribution in [2.75, 3.05) is 53.7 Å². The van der Waals surface area contributed by atoms with E-state index in [1.54, 1.807) is 61.8 Å². The summed E-state index contributed by atoms with van der Waals surface area (Å²) < 4.78 is 66.7. The zero-order chi connectivity index (χ0) is 50.6. The molecule has 0 saturated heterocycles. The number of anilines is 6. The molecule has 6 rings (SSSR count). The molecule has 2 aromatic heterocycles. The van der Waals surface area contributed by atoms with E-state index in [0.717, 1.165) is 12.7 Å². The van der Waals surface area contributed by atoms with Gasteiger partial charge in [-0.25, -0.2) is 0 Å². The second-order valence-corrected chi connectivity index (χ2v) is 20.0. The first-order valence-corrected chi connectivity index (χ1v) is 25.3. The van der Waals surface area contributed by atoms with Crippen LogP contribution in [-0.2, 0) is 43.0 Å². The second kappa shape index (κ2) is 23.9. The molecule has 0 aliphatic heterocycles. The zero-order valence-corrected chi connectivity index (χ0v) is 41.0. The third-order valence-corrected chi connectivity index (χ3v) is 12.2. The Morgan fingerprint density at radius 2 is 1.04 bits per heavy atom. The first kappa shape index (κ1) is 52.9. The number of nitrogens with one attached hydrogen (secondary N) is 2. The number of benzene rings is 4. The summed E-state index contributed by atoms with van der Waals surface area (Å²) in [4.78, 5) is 30.7. The summed E-state index contributed by atoms with van der Waals surface area (Å²) in [5.41, 5.74) is 3.12. The van der Waals surface area contributed by atoms with E-state index in [-0.39, 0.29) is 83.9 Å². The van der Waals surface area contributed by atoms with Gasteiger partial charge in [0.15, 0.2) is 0 Å². The lowest BCUT2D eigenvalue weighted by molar-refractivity contribution is 0.176. The monoisotopic (exact) mass is 998 g/mol. The average molecular weight is 999 g/mol. The highest BCUT2D eigenvalue weighted by molar-refractivity contribution is 7.86. The lowest BCUT2D eigenvalue weighted by Gasteiger charge is -2.26. The van der Waals surface area contributed by atoms with E-state index in [4.69, 9.17) is 4.18 Å². The summed E-state index contributed by atoms with van der Waals surface area (Å²) in [7, 11) is -7.93. The lowest BCUT2D eigenvalue weighted by atomic mass is 10.0.